The van der Waals surface area contributed by atoms with E-state index in [9.17, 15) is 0 Å². The molecule has 2 aromatic carbocycles. The number of nitrogen functional groups attached to an aromatic ring is 1. The number of nitrogens with zero attached hydrogens (tertiary/aromatic N) is 6. The molecule has 3 heterocycles. The van der Waals surface area contributed by atoms with E-state index in [0.29, 0.717) is 11.6 Å². The molecule has 0 amide bonds. The highest BCUT2D eigenvalue weighted by Gasteiger charge is 2.10. The van der Waals surface area contributed by atoms with Crippen molar-refractivity contribution in [2.75, 3.05) is 11.1 Å². The van der Waals surface area contributed by atoms with Crippen molar-refractivity contribution >= 4 is 22.7 Å². The predicted molar refractivity (Wildman–Crippen MR) is 122 cm³/mol. The molecule has 0 radical (unpaired) electrons. The number of nitrogens with two attached hydrogens (primary N) is 1. The monoisotopic (exact) mass is 410 g/mol. The fraction of sp³-hybridized carbons (Fsp3) is 0.0870. The van der Waals surface area contributed by atoms with Gasteiger partial charge in [0.15, 0.2) is 0 Å². The number of hydrogen-bond acceptors (Lipinski definition) is 7. The van der Waals surface area contributed by atoms with Gasteiger partial charge in [-0.25, -0.2) is 19.9 Å². The molecule has 8 nitrogen and oxygen atoms in total. The SMILES string of the molecule is C[C@H](Nc1nccc(-n2cnc3cc(N)ccc32)n1)c1ccccc1.c1cncnc1. The van der Waals surface area contributed by atoms with Gasteiger partial charge in [0.05, 0.1) is 17.1 Å². The van der Waals surface area contributed by atoms with Crippen LogP contribution in [0.1, 0.15) is 18.5 Å². The van der Waals surface area contributed by atoms with E-state index in [0.717, 1.165) is 16.9 Å². The van der Waals surface area contributed by atoms with Gasteiger partial charge in [-0.05, 0) is 42.8 Å². The summed E-state index contributed by atoms with van der Waals surface area (Å²) in [6.45, 7) is 2.08. The lowest BCUT2D eigenvalue weighted by molar-refractivity contribution is 0.854. The zero-order valence-corrected chi connectivity index (χ0v) is 17.0. The Kier molecular flexibility index (Phi) is 6.08. The van der Waals surface area contributed by atoms with Crippen LogP contribution in [0.2, 0.25) is 0 Å². The molecule has 0 aliphatic heterocycles. The molecule has 0 aliphatic rings. The molecule has 0 saturated carbocycles. The molecular weight excluding hydrogens is 388 g/mol. The Morgan fingerprint density at radius 3 is 2.42 bits per heavy atom. The van der Waals surface area contributed by atoms with E-state index < -0.39 is 0 Å². The molecule has 0 bridgehead atoms. The zero-order valence-electron chi connectivity index (χ0n) is 17.0. The third-order valence-electron chi connectivity index (χ3n) is 4.58. The Morgan fingerprint density at radius 1 is 0.903 bits per heavy atom. The Labute approximate surface area is 179 Å². The van der Waals surface area contributed by atoms with Gasteiger partial charge < -0.3 is 11.1 Å². The van der Waals surface area contributed by atoms with Crippen molar-refractivity contribution in [2.45, 2.75) is 13.0 Å². The van der Waals surface area contributed by atoms with Crippen LogP contribution in [-0.4, -0.2) is 29.5 Å². The molecule has 5 aromatic rings. The second kappa shape index (κ2) is 9.45. The topological polar surface area (TPSA) is 107 Å². The summed E-state index contributed by atoms with van der Waals surface area (Å²) in [7, 11) is 0. The van der Waals surface area contributed by atoms with Crippen molar-refractivity contribution in [1.82, 2.24) is 29.5 Å². The minimum Gasteiger partial charge on any atom is -0.399 e. The summed E-state index contributed by atoms with van der Waals surface area (Å²) in [4.78, 5) is 20.7. The number of aromatic nitrogens is 6. The maximum atomic E-state index is 5.82. The van der Waals surface area contributed by atoms with Crippen LogP contribution in [0.25, 0.3) is 16.9 Å². The maximum Gasteiger partial charge on any atom is 0.225 e. The van der Waals surface area contributed by atoms with Crippen LogP contribution in [-0.2, 0) is 0 Å². The van der Waals surface area contributed by atoms with Gasteiger partial charge >= 0.3 is 0 Å². The molecule has 1 atom stereocenters. The fourth-order valence-electron chi connectivity index (χ4n) is 3.04. The molecule has 8 heteroatoms. The van der Waals surface area contributed by atoms with Crippen LogP contribution in [0, 0.1) is 0 Å². The summed E-state index contributed by atoms with van der Waals surface area (Å²) in [5.41, 5.74) is 9.49. The first-order valence-electron chi connectivity index (χ1n) is 9.78. The first-order valence-corrected chi connectivity index (χ1v) is 9.78. The van der Waals surface area contributed by atoms with Crippen LogP contribution < -0.4 is 11.1 Å². The summed E-state index contributed by atoms with van der Waals surface area (Å²) < 4.78 is 1.93. The summed E-state index contributed by atoms with van der Waals surface area (Å²) in [6.07, 6.45) is 8.36. The lowest BCUT2D eigenvalue weighted by atomic mass is 10.1. The molecular formula is C23H22N8. The molecule has 0 spiro atoms. The summed E-state index contributed by atoms with van der Waals surface area (Å²) >= 11 is 0. The lowest BCUT2D eigenvalue weighted by Crippen LogP contribution is -2.10. The molecule has 0 saturated heterocycles. The van der Waals surface area contributed by atoms with Gasteiger partial charge in [0, 0.05) is 24.3 Å². The van der Waals surface area contributed by atoms with Crippen molar-refractivity contribution in [3.05, 3.63) is 97.5 Å². The highest BCUT2D eigenvalue weighted by Crippen LogP contribution is 2.21. The van der Waals surface area contributed by atoms with Gasteiger partial charge in [0.2, 0.25) is 5.95 Å². The first-order chi connectivity index (χ1) is 15.2. The second-order valence-electron chi connectivity index (χ2n) is 6.78. The van der Waals surface area contributed by atoms with E-state index in [1.165, 1.54) is 11.9 Å². The van der Waals surface area contributed by atoms with Crippen LogP contribution in [0.15, 0.2) is 91.9 Å². The third kappa shape index (κ3) is 4.99. The van der Waals surface area contributed by atoms with E-state index in [1.807, 2.05) is 47.0 Å². The highest BCUT2D eigenvalue weighted by molar-refractivity contribution is 5.80. The number of benzene rings is 2. The number of nitrogens with one attached hydrogen (secondary N) is 1. The van der Waals surface area contributed by atoms with Gasteiger partial charge in [-0.15, -0.1) is 0 Å². The van der Waals surface area contributed by atoms with Gasteiger partial charge in [-0.1, -0.05) is 30.3 Å². The Balaban J connectivity index is 0.000000334. The minimum atomic E-state index is 0.107. The normalized spacial score (nSPS) is 11.4. The number of fused-ring (bicyclic) bond motifs is 1. The largest absolute Gasteiger partial charge is 0.399 e. The standard InChI is InChI=1S/C19H18N6.C4H4N2/c1-13(14-5-3-2-4-6-14)23-19-21-10-9-18(24-19)25-12-22-16-11-15(20)7-8-17(16)25;1-2-5-4-6-3-1/h2-13H,20H2,1H3,(H,21,23,24);1-4H/t13-;/m0./s1. The number of imidazole rings is 1. The molecule has 3 aromatic heterocycles. The summed E-state index contributed by atoms with van der Waals surface area (Å²) in [5.74, 6) is 1.33. The summed E-state index contributed by atoms with van der Waals surface area (Å²) in [5, 5.41) is 3.34. The molecule has 3 N–H and O–H groups in total. The second-order valence-corrected chi connectivity index (χ2v) is 6.78. The summed E-state index contributed by atoms with van der Waals surface area (Å²) in [6, 6.07) is 19.6. The van der Waals surface area contributed by atoms with E-state index in [2.05, 4.69) is 49.3 Å². The molecule has 5 rings (SSSR count). The molecule has 0 fully saturated rings. The quantitative estimate of drug-likeness (QED) is 0.430. The maximum absolute atomic E-state index is 5.82. The van der Waals surface area contributed by atoms with Crippen LogP contribution >= 0.6 is 0 Å². The van der Waals surface area contributed by atoms with Gasteiger partial charge in [-0.2, -0.15) is 4.98 Å². The number of anilines is 2. The molecule has 31 heavy (non-hydrogen) atoms. The van der Waals surface area contributed by atoms with E-state index in [4.69, 9.17) is 5.73 Å². The van der Waals surface area contributed by atoms with Gasteiger partial charge in [0.25, 0.3) is 0 Å². The van der Waals surface area contributed by atoms with Crippen molar-refractivity contribution < 1.29 is 0 Å². The zero-order chi connectivity index (χ0) is 21.5. The third-order valence-corrected chi connectivity index (χ3v) is 4.58. The van der Waals surface area contributed by atoms with E-state index in [-0.39, 0.29) is 6.04 Å². The van der Waals surface area contributed by atoms with Crippen molar-refractivity contribution in [2.24, 2.45) is 0 Å². The Morgan fingerprint density at radius 2 is 1.71 bits per heavy atom. The average molecular weight is 410 g/mol. The van der Waals surface area contributed by atoms with Gasteiger partial charge in [-0.3, -0.25) is 4.57 Å². The van der Waals surface area contributed by atoms with Gasteiger partial charge in [0.1, 0.15) is 18.5 Å². The molecule has 154 valence electrons. The van der Waals surface area contributed by atoms with Crippen LogP contribution in [0.3, 0.4) is 0 Å². The average Bonchev–Trinajstić information content (AvgIpc) is 3.24. The highest BCUT2D eigenvalue weighted by atomic mass is 15.2. The molecule has 0 aliphatic carbocycles. The predicted octanol–water partition coefficient (Wildman–Crippen LogP) is 4.05. The smallest absolute Gasteiger partial charge is 0.225 e. The van der Waals surface area contributed by atoms with E-state index in [1.54, 1.807) is 31.0 Å². The fourth-order valence-corrected chi connectivity index (χ4v) is 3.04. The number of hydrogen-bond donors (Lipinski definition) is 2. The van der Waals surface area contributed by atoms with Crippen molar-refractivity contribution in [3.8, 4) is 5.82 Å². The minimum absolute atomic E-state index is 0.107. The van der Waals surface area contributed by atoms with Crippen molar-refractivity contribution in [3.63, 3.8) is 0 Å². The Bertz CT molecular complexity index is 1210. The lowest BCUT2D eigenvalue weighted by Gasteiger charge is -2.14. The Hall–Kier alpha value is -4.33. The van der Waals surface area contributed by atoms with Crippen LogP contribution in [0.4, 0.5) is 11.6 Å². The number of rotatable bonds is 4. The van der Waals surface area contributed by atoms with E-state index >= 15 is 0 Å². The van der Waals surface area contributed by atoms with Crippen molar-refractivity contribution in [1.29, 1.82) is 0 Å². The van der Waals surface area contributed by atoms with Crippen LogP contribution in [0.5, 0.6) is 0 Å². The molecule has 0 unspecified atom stereocenters. The first kappa shape index (κ1) is 20.0.